The molecule has 2 aromatic rings. The Morgan fingerprint density at radius 3 is 3.04 bits per heavy atom. The van der Waals surface area contributed by atoms with E-state index in [0.29, 0.717) is 19.5 Å². The smallest absolute Gasteiger partial charge is 0.435 e. The fourth-order valence-electron chi connectivity index (χ4n) is 3.05. The van der Waals surface area contributed by atoms with Gasteiger partial charge in [-0.2, -0.15) is 0 Å². The number of hydrogen-bond acceptors (Lipinski definition) is 5. The number of H-pyrrole nitrogens is 1. The number of rotatable bonds is 5. The molecule has 2 heterocycles. The third-order valence-electron chi connectivity index (χ3n) is 4.33. The molecule has 1 aliphatic rings. The highest BCUT2D eigenvalue weighted by molar-refractivity contribution is 5.86. The standard InChI is InChI=1S/C18H22N2O4/c1-2-23-18(22)24-17-12-20(10-8-16(17)21)9-7-13-11-19-15-6-4-3-5-14(13)15/h3-6,11,17,19H,2,7-10,12H2,1H3. The number of Topliss-reactive ketones (excluding diaryl/α,β-unsaturated/α-hetero) is 1. The first-order valence-electron chi connectivity index (χ1n) is 8.31. The van der Waals surface area contributed by atoms with E-state index < -0.39 is 12.3 Å². The lowest BCUT2D eigenvalue weighted by Crippen LogP contribution is -2.47. The minimum Gasteiger partial charge on any atom is -0.435 e. The van der Waals surface area contributed by atoms with Gasteiger partial charge in [-0.25, -0.2) is 4.79 Å². The molecular formula is C18H22N2O4. The van der Waals surface area contributed by atoms with Crippen molar-refractivity contribution in [2.45, 2.75) is 25.9 Å². The van der Waals surface area contributed by atoms with Crippen molar-refractivity contribution >= 4 is 22.8 Å². The van der Waals surface area contributed by atoms with Crippen molar-refractivity contribution in [2.75, 3.05) is 26.2 Å². The molecule has 0 radical (unpaired) electrons. The summed E-state index contributed by atoms with van der Waals surface area (Å²) in [4.78, 5) is 28.8. The zero-order valence-corrected chi connectivity index (χ0v) is 13.8. The third-order valence-corrected chi connectivity index (χ3v) is 4.33. The molecule has 0 amide bonds. The number of para-hydroxylation sites is 1. The number of ether oxygens (including phenoxy) is 2. The molecule has 1 aromatic carbocycles. The number of aromatic amines is 1. The molecule has 128 valence electrons. The molecule has 6 heteroatoms. The lowest BCUT2D eigenvalue weighted by molar-refractivity contribution is -0.133. The van der Waals surface area contributed by atoms with Gasteiger partial charge in [-0.1, -0.05) is 18.2 Å². The van der Waals surface area contributed by atoms with Gasteiger partial charge in [0, 0.05) is 43.2 Å². The van der Waals surface area contributed by atoms with Gasteiger partial charge in [0.05, 0.1) is 6.61 Å². The number of likely N-dealkylation sites (tertiary alicyclic amines) is 1. The van der Waals surface area contributed by atoms with Gasteiger partial charge in [0.25, 0.3) is 0 Å². The van der Waals surface area contributed by atoms with Crippen LogP contribution < -0.4 is 0 Å². The SMILES string of the molecule is CCOC(=O)OC1CN(CCc2c[nH]c3ccccc23)CCC1=O. The van der Waals surface area contributed by atoms with E-state index in [-0.39, 0.29) is 12.4 Å². The van der Waals surface area contributed by atoms with Gasteiger partial charge < -0.3 is 14.5 Å². The number of fused-ring (bicyclic) bond motifs is 1. The van der Waals surface area contributed by atoms with Crippen LogP contribution in [0.3, 0.4) is 0 Å². The number of nitrogens with zero attached hydrogens (tertiary/aromatic N) is 1. The maximum absolute atomic E-state index is 11.9. The monoisotopic (exact) mass is 330 g/mol. The zero-order valence-electron chi connectivity index (χ0n) is 13.8. The predicted molar refractivity (Wildman–Crippen MR) is 90.0 cm³/mol. The lowest BCUT2D eigenvalue weighted by Gasteiger charge is -2.30. The van der Waals surface area contributed by atoms with Crippen molar-refractivity contribution in [3.8, 4) is 0 Å². The Morgan fingerprint density at radius 2 is 2.21 bits per heavy atom. The quantitative estimate of drug-likeness (QED) is 0.853. The van der Waals surface area contributed by atoms with Gasteiger partial charge in [0.2, 0.25) is 0 Å². The van der Waals surface area contributed by atoms with Crippen molar-refractivity contribution in [1.29, 1.82) is 0 Å². The van der Waals surface area contributed by atoms with Gasteiger partial charge in [-0.15, -0.1) is 0 Å². The number of hydrogen-bond donors (Lipinski definition) is 1. The van der Waals surface area contributed by atoms with Crippen LogP contribution in [-0.2, 0) is 20.7 Å². The molecule has 0 bridgehead atoms. The van der Waals surface area contributed by atoms with Gasteiger partial charge in [-0.3, -0.25) is 9.69 Å². The summed E-state index contributed by atoms with van der Waals surface area (Å²) in [7, 11) is 0. The average Bonchev–Trinajstić information content (AvgIpc) is 2.99. The van der Waals surface area contributed by atoms with Crippen LogP contribution in [0.1, 0.15) is 18.9 Å². The summed E-state index contributed by atoms with van der Waals surface area (Å²) in [6, 6.07) is 8.20. The first-order chi connectivity index (χ1) is 11.7. The van der Waals surface area contributed by atoms with Gasteiger partial charge in [0.1, 0.15) is 0 Å². The fourth-order valence-corrected chi connectivity index (χ4v) is 3.05. The lowest BCUT2D eigenvalue weighted by atomic mass is 10.1. The molecule has 0 spiro atoms. The van der Waals surface area contributed by atoms with Crippen LogP contribution in [0.5, 0.6) is 0 Å². The summed E-state index contributed by atoms with van der Waals surface area (Å²) < 4.78 is 9.88. The molecule has 24 heavy (non-hydrogen) atoms. The molecule has 1 aliphatic heterocycles. The van der Waals surface area contributed by atoms with Gasteiger partial charge in [0.15, 0.2) is 11.9 Å². The van der Waals surface area contributed by atoms with Crippen LogP contribution in [0.15, 0.2) is 30.5 Å². The first kappa shape index (κ1) is 16.5. The summed E-state index contributed by atoms with van der Waals surface area (Å²) in [6.45, 7) is 3.89. The van der Waals surface area contributed by atoms with Crippen LogP contribution in [0.2, 0.25) is 0 Å². The minimum absolute atomic E-state index is 0.0357. The number of benzene rings is 1. The number of nitrogens with one attached hydrogen (secondary N) is 1. The van der Waals surface area contributed by atoms with E-state index in [1.54, 1.807) is 6.92 Å². The van der Waals surface area contributed by atoms with E-state index in [4.69, 9.17) is 9.47 Å². The number of carbonyl (C=O) groups excluding carboxylic acids is 2. The molecular weight excluding hydrogens is 308 g/mol. The van der Waals surface area contributed by atoms with Crippen molar-refractivity contribution in [3.05, 3.63) is 36.0 Å². The summed E-state index contributed by atoms with van der Waals surface area (Å²) in [5.74, 6) is -0.0357. The summed E-state index contributed by atoms with van der Waals surface area (Å²) in [5.41, 5.74) is 2.38. The topological polar surface area (TPSA) is 71.6 Å². The van der Waals surface area contributed by atoms with Crippen LogP contribution in [0, 0.1) is 0 Å². The van der Waals surface area contributed by atoms with Crippen molar-refractivity contribution in [1.82, 2.24) is 9.88 Å². The zero-order chi connectivity index (χ0) is 16.9. The molecule has 6 nitrogen and oxygen atoms in total. The molecule has 0 saturated carbocycles. The highest BCUT2D eigenvalue weighted by atomic mass is 16.7. The summed E-state index contributed by atoms with van der Waals surface area (Å²) >= 11 is 0. The Kier molecular flexibility index (Phi) is 5.15. The molecule has 1 unspecified atom stereocenters. The highest BCUT2D eigenvalue weighted by Gasteiger charge is 2.30. The Labute approximate surface area is 140 Å². The maximum atomic E-state index is 11.9. The average molecular weight is 330 g/mol. The molecule has 3 rings (SSSR count). The van der Waals surface area contributed by atoms with Gasteiger partial charge >= 0.3 is 6.16 Å². The number of aromatic nitrogens is 1. The number of carbonyl (C=O) groups is 2. The summed E-state index contributed by atoms with van der Waals surface area (Å²) in [6.07, 6.45) is 1.82. The normalized spacial score (nSPS) is 18.7. The molecule has 1 fully saturated rings. The predicted octanol–water partition coefficient (Wildman–Crippen LogP) is 2.53. The summed E-state index contributed by atoms with van der Waals surface area (Å²) in [5, 5.41) is 1.23. The Balaban J connectivity index is 1.57. The van der Waals surface area contributed by atoms with E-state index in [1.807, 2.05) is 18.3 Å². The second kappa shape index (κ2) is 7.49. The van der Waals surface area contributed by atoms with E-state index in [9.17, 15) is 9.59 Å². The van der Waals surface area contributed by atoms with Crippen LogP contribution >= 0.6 is 0 Å². The largest absolute Gasteiger partial charge is 0.509 e. The molecule has 1 saturated heterocycles. The van der Waals surface area contributed by atoms with Crippen LogP contribution in [-0.4, -0.2) is 54.2 Å². The first-order valence-corrected chi connectivity index (χ1v) is 8.31. The molecule has 1 atom stereocenters. The Bertz CT molecular complexity index is 725. The van der Waals surface area contributed by atoms with E-state index in [1.165, 1.54) is 10.9 Å². The van der Waals surface area contributed by atoms with Crippen LogP contribution in [0.4, 0.5) is 4.79 Å². The van der Waals surface area contributed by atoms with E-state index in [2.05, 4.69) is 22.0 Å². The van der Waals surface area contributed by atoms with Crippen LogP contribution in [0.25, 0.3) is 10.9 Å². The second-order valence-electron chi connectivity index (χ2n) is 5.92. The van der Waals surface area contributed by atoms with E-state index in [0.717, 1.165) is 18.5 Å². The minimum atomic E-state index is -0.769. The molecule has 1 N–H and O–H groups in total. The van der Waals surface area contributed by atoms with Crippen molar-refractivity contribution in [2.24, 2.45) is 0 Å². The molecule has 0 aliphatic carbocycles. The highest BCUT2D eigenvalue weighted by Crippen LogP contribution is 2.19. The fraction of sp³-hybridized carbons (Fsp3) is 0.444. The second-order valence-corrected chi connectivity index (χ2v) is 5.92. The van der Waals surface area contributed by atoms with E-state index >= 15 is 0 Å². The molecule has 1 aromatic heterocycles. The van der Waals surface area contributed by atoms with Gasteiger partial charge in [-0.05, 0) is 25.0 Å². The number of ketones is 1. The number of piperidine rings is 1. The Morgan fingerprint density at radius 1 is 1.38 bits per heavy atom. The Hall–Kier alpha value is -2.34. The van der Waals surface area contributed by atoms with Crippen molar-refractivity contribution in [3.63, 3.8) is 0 Å². The third kappa shape index (κ3) is 3.76. The van der Waals surface area contributed by atoms with Crippen molar-refractivity contribution < 1.29 is 19.1 Å². The maximum Gasteiger partial charge on any atom is 0.509 e.